The molecule has 0 aliphatic heterocycles. The number of hydrogen-bond acceptors (Lipinski definition) is 5. The van der Waals surface area contributed by atoms with E-state index in [0.717, 1.165) is 65.0 Å². The van der Waals surface area contributed by atoms with Crippen LogP contribution in [0.5, 0.6) is 0 Å². The van der Waals surface area contributed by atoms with Crippen LogP contribution >= 0.6 is 0 Å². The number of hydrogen-bond donors (Lipinski definition) is 0. The van der Waals surface area contributed by atoms with Gasteiger partial charge < -0.3 is 21.8 Å². The molecule has 1 rings (SSSR count). The summed E-state index contributed by atoms with van der Waals surface area (Å²) in [7, 11) is -6.02. The lowest BCUT2D eigenvalue weighted by atomic mass is 10.0. The summed E-state index contributed by atoms with van der Waals surface area (Å²) in [5, 5.41) is 0. The molecule has 0 atom stereocenters. The molecule has 46 heavy (non-hydrogen) atoms. The first kappa shape index (κ1) is 44.3. The van der Waals surface area contributed by atoms with Crippen molar-refractivity contribution in [3.05, 3.63) is 0 Å². The van der Waals surface area contributed by atoms with Gasteiger partial charge in [-0.05, 0) is 38.5 Å². The van der Waals surface area contributed by atoms with Gasteiger partial charge in [0, 0.05) is 38.5 Å². The number of rotatable bonds is 35. The van der Waals surface area contributed by atoms with Gasteiger partial charge in [-0.25, -0.2) is 0 Å². The Bertz CT molecular complexity index is 596. The zero-order chi connectivity index (χ0) is 33.4. The van der Waals surface area contributed by atoms with Gasteiger partial charge in [0.2, 0.25) is 0 Å². The van der Waals surface area contributed by atoms with Crippen LogP contribution in [0.2, 0.25) is 12.1 Å². The molecular formula is C39H82O5Si2. The van der Waals surface area contributed by atoms with Crippen molar-refractivity contribution >= 4 is 17.6 Å². The van der Waals surface area contributed by atoms with Crippen LogP contribution in [0, 0.1) is 0 Å². The molecule has 1 aliphatic rings. The Morgan fingerprint density at radius 1 is 0.391 bits per heavy atom. The van der Waals surface area contributed by atoms with Crippen molar-refractivity contribution in [3.8, 4) is 0 Å². The monoisotopic (exact) mass is 687 g/mol. The van der Waals surface area contributed by atoms with E-state index < -0.39 is 17.6 Å². The summed E-state index contributed by atoms with van der Waals surface area (Å²) >= 11 is 0. The van der Waals surface area contributed by atoms with E-state index in [0.29, 0.717) is 5.54 Å². The fraction of sp³-hybridized carbons (Fsp3) is 1.00. The molecular weight excluding hydrogens is 605 g/mol. The van der Waals surface area contributed by atoms with Gasteiger partial charge in [0.05, 0.1) is 0 Å². The second kappa shape index (κ2) is 31.2. The Kier molecular flexibility index (Phi) is 30.0. The van der Waals surface area contributed by atoms with E-state index in [1.54, 1.807) is 0 Å². The van der Waals surface area contributed by atoms with Crippen LogP contribution in [0.15, 0.2) is 0 Å². The molecule has 5 nitrogen and oxygen atoms in total. The van der Waals surface area contributed by atoms with Crippen LogP contribution in [0.1, 0.15) is 214 Å². The highest BCUT2D eigenvalue weighted by molar-refractivity contribution is 6.75. The highest BCUT2D eigenvalue weighted by Crippen LogP contribution is 2.41. The minimum absolute atomic E-state index is 0.364. The summed E-state index contributed by atoms with van der Waals surface area (Å²) in [5.74, 6) is 0. The third-order valence-electron chi connectivity index (χ3n) is 9.76. The van der Waals surface area contributed by atoms with Crippen molar-refractivity contribution < 1.29 is 21.8 Å². The fourth-order valence-corrected chi connectivity index (χ4v) is 14.0. The van der Waals surface area contributed by atoms with Gasteiger partial charge in [-0.15, -0.1) is 0 Å². The summed E-state index contributed by atoms with van der Waals surface area (Å²) in [5.41, 5.74) is 0.364. The van der Waals surface area contributed by atoms with Crippen molar-refractivity contribution in [2.75, 3.05) is 26.4 Å². The van der Waals surface area contributed by atoms with Crippen molar-refractivity contribution in [1.82, 2.24) is 0 Å². The second-order valence-corrected chi connectivity index (χ2v) is 20.1. The molecule has 0 spiro atoms. The summed E-state index contributed by atoms with van der Waals surface area (Å²) in [6.07, 6.45) is 36.3. The molecule has 0 bridgehead atoms. The van der Waals surface area contributed by atoms with Crippen LogP contribution in [-0.2, 0) is 21.8 Å². The molecule has 1 fully saturated rings. The molecule has 1 saturated carbocycles. The minimum atomic E-state index is -3.04. The minimum Gasteiger partial charge on any atom is -0.374 e. The highest BCUT2D eigenvalue weighted by Gasteiger charge is 2.56. The molecule has 0 N–H and O–H groups in total. The van der Waals surface area contributed by atoms with Crippen LogP contribution in [0.4, 0.5) is 0 Å². The quantitative estimate of drug-likeness (QED) is 0.0490. The van der Waals surface area contributed by atoms with E-state index in [9.17, 15) is 0 Å². The van der Waals surface area contributed by atoms with Crippen molar-refractivity contribution in [3.63, 3.8) is 0 Å². The van der Waals surface area contributed by atoms with E-state index in [2.05, 4.69) is 34.2 Å². The van der Waals surface area contributed by atoms with Crippen molar-refractivity contribution in [2.24, 2.45) is 0 Å². The predicted octanol–water partition coefficient (Wildman–Crippen LogP) is 13.4. The van der Waals surface area contributed by atoms with E-state index in [4.69, 9.17) is 21.8 Å². The van der Waals surface area contributed by atoms with Crippen LogP contribution in [-0.4, -0.2) is 44.0 Å². The summed E-state index contributed by atoms with van der Waals surface area (Å²) in [4.78, 5) is 0. The lowest BCUT2D eigenvalue weighted by Gasteiger charge is -2.42. The largest absolute Gasteiger partial charge is 0.496 e. The maximum atomic E-state index is 7.33. The van der Waals surface area contributed by atoms with Gasteiger partial charge in [-0.1, -0.05) is 175 Å². The highest BCUT2D eigenvalue weighted by atomic mass is 28.5. The lowest BCUT2D eigenvalue weighted by molar-refractivity contribution is 0.0324. The molecule has 0 aromatic rings. The lowest BCUT2D eigenvalue weighted by Crippen LogP contribution is -2.60. The maximum absolute atomic E-state index is 7.33. The van der Waals surface area contributed by atoms with Crippen molar-refractivity contribution in [2.45, 2.75) is 226 Å². The molecule has 0 aromatic heterocycles. The van der Waals surface area contributed by atoms with Gasteiger partial charge in [0.25, 0.3) is 0 Å². The third kappa shape index (κ3) is 22.8. The van der Waals surface area contributed by atoms with E-state index in [1.165, 1.54) is 148 Å². The Morgan fingerprint density at radius 2 is 0.696 bits per heavy atom. The predicted molar refractivity (Wildman–Crippen MR) is 203 cm³/mol. The molecule has 0 radical (unpaired) electrons. The van der Waals surface area contributed by atoms with E-state index >= 15 is 0 Å². The molecule has 0 unspecified atom stereocenters. The summed E-state index contributed by atoms with van der Waals surface area (Å²) in [6.45, 7) is 14.2. The summed E-state index contributed by atoms with van der Waals surface area (Å²) in [6, 6.07) is 0. The Labute approximate surface area is 291 Å². The average Bonchev–Trinajstić information content (AvgIpc) is 3.07. The van der Waals surface area contributed by atoms with E-state index in [1.807, 2.05) is 0 Å². The molecule has 0 saturated heterocycles. The van der Waals surface area contributed by atoms with Gasteiger partial charge >= 0.3 is 17.6 Å². The SMILES string of the molecule is CCCCCCCCO[Si](C)(OCCCCCCCC)O[Si](OCCCCCCCC)(OCCCCCCCC)C1CCCCC1. The van der Waals surface area contributed by atoms with Crippen LogP contribution in [0.3, 0.4) is 0 Å². The maximum Gasteiger partial charge on any atom is 0.496 e. The fourth-order valence-electron chi connectivity index (χ4n) is 6.71. The third-order valence-corrected chi connectivity index (χ3v) is 16.6. The molecule has 0 amide bonds. The van der Waals surface area contributed by atoms with Gasteiger partial charge in [-0.2, -0.15) is 0 Å². The Balaban J connectivity index is 3.04. The molecule has 7 heteroatoms. The standard InChI is InChI=1S/C39H82O5Si2/c1-6-10-14-18-22-29-35-40-45(5,41-36-30-23-19-15-11-7-2)44-46(39-33-27-26-28-34-39,42-37-31-24-20-16-12-8-3)43-38-32-25-21-17-13-9-4/h39H,6-38H2,1-5H3. The van der Waals surface area contributed by atoms with Crippen molar-refractivity contribution in [1.29, 1.82) is 0 Å². The molecule has 0 aromatic carbocycles. The first-order valence-corrected chi connectivity index (χ1v) is 24.8. The van der Waals surface area contributed by atoms with Gasteiger partial charge in [0.15, 0.2) is 0 Å². The Morgan fingerprint density at radius 3 is 1.04 bits per heavy atom. The van der Waals surface area contributed by atoms with Gasteiger partial charge in [-0.3, -0.25) is 0 Å². The second-order valence-electron chi connectivity index (χ2n) is 14.4. The molecule has 0 heterocycles. The normalized spacial score (nSPS) is 14.8. The Hall–Kier alpha value is 0.234. The first-order valence-electron chi connectivity index (χ1n) is 20.8. The van der Waals surface area contributed by atoms with Gasteiger partial charge in [0.1, 0.15) is 0 Å². The first-order chi connectivity index (χ1) is 22.6. The topological polar surface area (TPSA) is 46.2 Å². The zero-order valence-electron chi connectivity index (χ0n) is 32.0. The molecule has 1 aliphatic carbocycles. The van der Waals surface area contributed by atoms with E-state index in [-0.39, 0.29) is 0 Å². The molecule has 276 valence electrons. The van der Waals surface area contributed by atoms with Crippen LogP contribution < -0.4 is 0 Å². The average molecular weight is 687 g/mol. The zero-order valence-corrected chi connectivity index (χ0v) is 34.0. The number of unbranched alkanes of at least 4 members (excludes halogenated alkanes) is 20. The summed E-state index contributed by atoms with van der Waals surface area (Å²) < 4.78 is 34.9. The smallest absolute Gasteiger partial charge is 0.374 e. The van der Waals surface area contributed by atoms with Crippen LogP contribution in [0.25, 0.3) is 0 Å².